The van der Waals surface area contributed by atoms with Crippen molar-refractivity contribution in [1.82, 2.24) is 20.6 Å². The molecule has 0 radical (unpaired) electrons. The van der Waals surface area contributed by atoms with E-state index in [2.05, 4.69) is 20.6 Å². The maximum atomic E-state index is 10.6. The van der Waals surface area contributed by atoms with E-state index in [-0.39, 0.29) is 0 Å². The van der Waals surface area contributed by atoms with Crippen LogP contribution in [0.2, 0.25) is 0 Å². The summed E-state index contributed by atoms with van der Waals surface area (Å²) >= 11 is 0. The molecule has 0 aromatic carbocycles. The van der Waals surface area contributed by atoms with Crippen molar-refractivity contribution in [1.29, 1.82) is 0 Å². The molecule has 1 aliphatic rings. The standard InChI is InChI=1S/C19H24N4O3/c1-13(6-4-7-14(2)12-17(25)26)9-10-15-16(24)8-5-11-19(15,3)18-20-22-23-21-18/h4,6-7,9-10,12H,5,8,11H2,1-3H3,(H3,20,21,22,23,24,25,26)/p-1/b7-4+,10-9+,13-6+,14-12+/t19-/m0/s1. The summed E-state index contributed by atoms with van der Waals surface area (Å²) in [4.78, 5) is 10.6. The van der Waals surface area contributed by atoms with Crippen LogP contribution in [0.25, 0.3) is 0 Å². The van der Waals surface area contributed by atoms with Crippen molar-refractivity contribution in [3.63, 3.8) is 0 Å². The molecule has 1 aromatic rings. The zero-order valence-electron chi connectivity index (χ0n) is 15.2. The first-order valence-corrected chi connectivity index (χ1v) is 8.39. The molecule has 138 valence electrons. The van der Waals surface area contributed by atoms with Gasteiger partial charge >= 0.3 is 5.97 Å². The van der Waals surface area contributed by atoms with Gasteiger partial charge in [0.15, 0.2) is 0 Å². The van der Waals surface area contributed by atoms with Gasteiger partial charge in [-0.15, -0.1) is 0 Å². The molecule has 0 aliphatic heterocycles. The maximum Gasteiger partial charge on any atom is 0.328 e. The van der Waals surface area contributed by atoms with Crippen molar-refractivity contribution in [2.45, 2.75) is 45.4 Å². The Labute approximate surface area is 152 Å². The van der Waals surface area contributed by atoms with E-state index in [4.69, 9.17) is 5.11 Å². The zero-order chi connectivity index (χ0) is 19.2. The monoisotopic (exact) mass is 355 g/mol. The molecule has 2 rings (SSSR count). The minimum atomic E-state index is -0.967. The largest absolute Gasteiger partial charge is 0.512 e. The number of aliphatic hydroxyl groups excluding tert-OH is 1. The number of hydrogen-bond donors (Lipinski definition) is 2. The number of allylic oxidation sites excluding steroid dienone is 9. The number of aromatic nitrogens is 4. The van der Waals surface area contributed by atoms with Crippen molar-refractivity contribution in [2.75, 3.05) is 0 Å². The first-order chi connectivity index (χ1) is 12.3. The summed E-state index contributed by atoms with van der Waals surface area (Å²) in [5.74, 6) is -0.117. The van der Waals surface area contributed by atoms with E-state index in [0.717, 1.165) is 30.1 Å². The highest BCUT2D eigenvalue weighted by Gasteiger charge is 2.34. The smallest absolute Gasteiger partial charge is 0.328 e. The van der Waals surface area contributed by atoms with Gasteiger partial charge in [0.2, 0.25) is 0 Å². The molecule has 2 N–H and O–H groups in total. The summed E-state index contributed by atoms with van der Waals surface area (Å²) in [6, 6.07) is 0. The highest BCUT2D eigenvalue weighted by Crippen LogP contribution is 2.41. The van der Waals surface area contributed by atoms with Gasteiger partial charge in [-0.3, -0.25) is 10.3 Å². The number of hydrogen-bond acceptors (Lipinski definition) is 5. The molecule has 0 spiro atoms. The van der Waals surface area contributed by atoms with Crippen molar-refractivity contribution in [2.24, 2.45) is 0 Å². The fourth-order valence-electron chi connectivity index (χ4n) is 2.94. The topological polar surface area (TPSA) is 110 Å². The summed E-state index contributed by atoms with van der Waals surface area (Å²) in [5, 5.41) is 34.2. The van der Waals surface area contributed by atoms with Gasteiger partial charge in [-0.25, -0.2) is 4.79 Å². The Morgan fingerprint density at radius 1 is 1.27 bits per heavy atom. The van der Waals surface area contributed by atoms with E-state index in [0.29, 0.717) is 23.6 Å². The SMILES string of the molecule is CC(/C=C/C1=C(O)CCC[C@]1(C)c1nnn[n-]1)=C\C=C\C(C)=C\C(=O)O. The van der Waals surface area contributed by atoms with Crippen LogP contribution < -0.4 is 5.10 Å². The summed E-state index contributed by atoms with van der Waals surface area (Å²) in [7, 11) is 0. The van der Waals surface area contributed by atoms with Crippen LogP contribution in [0, 0.1) is 0 Å². The van der Waals surface area contributed by atoms with Crippen LogP contribution in [0.4, 0.5) is 0 Å². The van der Waals surface area contributed by atoms with Gasteiger partial charge in [0.25, 0.3) is 0 Å². The van der Waals surface area contributed by atoms with E-state index in [9.17, 15) is 9.90 Å². The molecular weight excluding hydrogens is 332 g/mol. The van der Waals surface area contributed by atoms with Crippen molar-refractivity contribution in [3.8, 4) is 0 Å². The Morgan fingerprint density at radius 2 is 2.04 bits per heavy atom. The molecule has 26 heavy (non-hydrogen) atoms. The summed E-state index contributed by atoms with van der Waals surface area (Å²) < 4.78 is 0. The average Bonchev–Trinajstić information content (AvgIpc) is 3.09. The number of carbonyl (C=O) groups is 1. The van der Waals surface area contributed by atoms with Crippen LogP contribution in [0.3, 0.4) is 0 Å². The Morgan fingerprint density at radius 3 is 2.69 bits per heavy atom. The van der Waals surface area contributed by atoms with E-state index in [1.54, 1.807) is 19.1 Å². The molecule has 7 heteroatoms. The van der Waals surface area contributed by atoms with Gasteiger partial charge in [0.1, 0.15) is 0 Å². The second-order valence-corrected chi connectivity index (χ2v) is 6.58. The number of rotatable bonds is 6. The lowest BCUT2D eigenvalue weighted by Gasteiger charge is -2.35. The third kappa shape index (κ3) is 4.78. The number of aliphatic carboxylic acids is 1. The molecular formula is C19H23N4O3-. The summed E-state index contributed by atoms with van der Waals surface area (Å²) in [6.07, 6.45) is 12.6. The average molecular weight is 355 g/mol. The third-order valence-electron chi connectivity index (χ3n) is 4.39. The predicted molar refractivity (Wildman–Crippen MR) is 97.4 cm³/mol. The van der Waals surface area contributed by atoms with E-state index in [1.807, 2.05) is 32.1 Å². The second-order valence-electron chi connectivity index (χ2n) is 6.58. The van der Waals surface area contributed by atoms with Gasteiger partial charge < -0.3 is 15.3 Å². The fraction of sp³-hybridized carbons (Fsp3) is 0.368. The maximum absolute atomic E-state index is 10.6. The lowest BCUT2D eigenvalue weighted by Crippen LogP contribution is -2.30. The first-order valence-electron chi connectivity index (χ1n) is 8.39. The molecule has 7 nitrogen and oxygen atoms in total. The summed E-state index contributed by atoms with van der Waals surface area (Å²) in [5.41, 5.74) is 1.87. The van der Waals surface area contributed by atoms with Gasteiger partial charge in [-0.2, -0.15) is 5.21 Å². The lowest BCUT2D eigenvalue weighted by atomic mass is 9.72. The Bertz CT molecular complexity index is 801. The molecule has 1 aromatic heterocycles. The first kappa shape index (κ1) is 19.4. The van der Waals surface area contributed by atoms with E-state index >= 15 is 0 Å². The quantitative estimate of drug-likeness (QED) is 0.595. The van der Waals surface area contributed by atoms with Crippen molar-refractivity contribution in [3.05, 3.63) is 64.8 Å². The van der Waals surface area contributed by atoms with E-state index < -0.39 is 11.4 Å². The number of carboxylic acid groups (broad SMARTS) is 1. The second kappa shape index (κ2) is 8.42. The number of tetrazole rings is 1. The molecule has 0 saturated carbocycles. The third-order valence-corrected chi connectivity index (χ3v) is 4.39. The van der Waals surface area contributed by atoms with Crippen molar-refractivity contribution < 1.29 is 15.0 Å². The van der Waals surface area contributed by atoms with Gasteiger partial charge in [0.05, 0.1) is 5.76 Å². The molecule has 1 atom stereocenters. The van der Waals surface area contributed by atoms with Gasteiger partial charge in [0, 0.05) is 29.3 Å². The minimum absolute atomic E-state index is 0.336. The number of carboxylic acids is 1. The summed E-state index contributed by atoms with van der Waals surface area (Å²) in [6.45, 7) is 5.64. The predicted octanol–water partition coefficient (Wildman–Crippen LogP) is 3.17. The van der Waals surface area contributed by atoms with Crippen LogP contribution in [0.15, 0.2) is 58.9 Å². The van der Waals surface area contributed by atoms with E-state index in [1.165, 1.54) is 0 Å². The molecule has 1 aliphatic carbocycles. The Balaban J connectivity index is 2.20. The minimum Gasteiger partial charge on any atom is -0.512 e. The number of aliphatic hydroxyl groups is 1. The Kier molecular flexibility index (Phi) is 6.27. The van der Waals surface area contributed by atoms with Gasteiger partial charge in [-0.05, 0) is 32.3 Å². The molecule has 0 amide bonds. The van der Waals surface area contributed by atoms with Crippen LogP contribution in [-0.4, -0.2) is 31.7 Å². The molecule has 1 heterocycles. The zero-order valence-corrected chi connectivity index (χ0v) is 15.2. The van der Waals surface area contributed by atoms with Crippen LogP contribution >= 0.6 is 0 Å². The molecule has 0 bridgehead atoms. The fourth-order valence-corrected chi connectivity index (χ4v) is 2.94. The van der Waals surface area contributed by atoms with Crippen LogP contribution in [0.1, 0.15) is 45.9 Å². The van der Waals surface area contributed by atoms with Crippen molar-refractivity contribution >= 4 is 5.97 Å². The normalized spacial score (nSPS) is 22.6. The van der Waals surface area contributed by atoms with Crippen LogP contribution in [0.5, 0.6) is 0 Å². The molecule has 0 unspecified atom stereocenters. The molecule has 0 saturated heterocycles. The van der Waals surface area contributed by atoms with Crippen LogP contribution in [-0.2, 0) is 10.2 Å². The highest BCUT2D eigenvalue weighted by atomic mass is 16.4. The molecule has 0 fully saturated rings. The highest BCUT2D eigenvalue weighted by molar-refractivity contribution is 5.81. The number of nitrogens with zero attached hydrogens (tertiary/aromatic N) is 4. The lowest BCUT2D eigenvalue weighted by molar-refractivity contribution is -0.131. The Hall–Kier alpha value is -2.96. The van der Waals surface area contributed by atoms with Gasteiger partial charge in [-0.1, -0.05) is 42.9 Å².